The lowest BCUT2D eigenvalue weighted by molar-refractivity contribution is 0.173. The Labute approximate surface area is 136 Å². The number of benzene rings is 2. The number of ether oxygens (including phenoxy) is 4. The van der Waals surface area contributed by atoms with Gasteiger partial charge in [-0.2, -0.15) is 0 Å². The first-order valence-corrected chi connectivity index (χ1v) is 7.43. The lowest BCUT2D eigenvalue weighted by Crippen LogP contribution is -1.98. The van der Waals surface area contributed by atoms with Crippen LogP contribution in [0.5, 0.6) is 23.0 Å². The Balaban J connectivity index is 1.77. The summed E-state index contributed by atoms with van der Waals surface area (Å²) in [7, 11) is 0. The zero-order valence-corrected chi connectivity index (χ0v) is 12.5. The summed E-state index contributed by atoms with van der Waals surface area (Å²) in [6.45, 7) is 0.150. The van der Waals surface area contributed by atoms with E-state index in [1.165, 1.54) is 0 Å². The van der Waals surface area contributed by atoms with Gasteiger partial charge in [-0.05, 0) is 24.3 Å². The van der Waals surface area contributed by atoms with Crippen LogP contribution in [0.15, 0.2) is 30.3 Å². The molecule has 0 bridgehead atoms. The monoisotopic (exact) mass is 324 g/mol. The zero-order chi connectivity index (χ0) is 16.1. The number of hydrogen-bond acceptors (Lipinski definition) is 7. The molecule has 7 nitrogen and oxygen atoms in total. The van der Waals surface area contributed by atoms with Crippen LogP contribution >= 0.6 is 0 Å². The van der Waals surface area contributed by atoms with Crippen LogP contribution in [0.1, 0.15) is 5.82 Å². The van der Waals surface area contributed by atoms with E-state index in [0.29, 0.717) is 40.0 Å². The summed E-state index contributed by atoms with van der Waals surface area (Å²) in [5, 5.41) is 10.3. The molecule has 3 aromatic rings. The van der Waals surface area contributed by atoms with E-state index in [1.807, 2.05) is 24.3 Å². The molecule has 2 aliphatic rings. The van der Waals surface area contributed by atoms with Gasteiger partial charge in [-0.25, -0.2) is 9.97 Å². The second-order valence-electron chi connectivity index (χ2n) is 5.44. The molecule has 1 aromatic heterocycles. The molecule has 5 rings (SSSR count). The molecule has 0 saturated carbocycles. The van der Waals surface area contributed by atoms with Crippen molar-refractivity contribution in [3.8, 4) is 34.3 Å². The first-order valence-electron chi connectivity index (χ1n) is 7.43. The first-order chi connectivity index (χ1) is 11.8. The van der Waals surface area contributed by atoms with Crippen molar-refractivity contribution in [3.63, 3.8) is 0 Å². The molecule has 0 radical (unpaired) electrons. The highest BCUT2D eigenvalue weighted by molar-refractivity contribution is 5.95. The number of fused-ring (bicyclic) bond motifs is 3. The maximum Gasteiger partial charge on any atom is 0.231 e. The molecule has 3 heterocycles. The Bertz CT molecular complexity index is 973. The van der Waals surface area contributed by atoms with Crippen molar-refractivity contribution < 1.29 is 24.1 Å². The van der Waals surface area contributed by atoms with Crippen LogP contribution in [0.25, 0.3) is 22.2 Å². The SMILES string of the molecule is OCc1nc(-c2ccc3c(c2)OCO3)c2cc3c(cc2n1)OCO3. The Kier molecular flexibility index (Phi) is 2.77. The maximum atomic E-state index is 9.49. The van der Waals surface area contributed by atoms with Gasteiger partial charge in [0.1, 0.15) is 6.61 Å². The number of rotatable bonds is 2. The second-order valence-corrected chi connectivity index (χ2v) is 5.44. The van der Waals surface area contributed by atoms with Crippen molar-refractivity contribution in [1.29, 1.82) is 0 Å². The Morgan fingerprint density at radius 1 is 0.833 bits per heavy atom. The van der Waals surface area contributed by atoms with Crippen molar-refractivity contribution in [1.82, 2.24) is 9.97 Å². The average Bonchev–Trinajstić information content (AvgIpc) is 3.26. The molecule has 0 saturated heterocycles. The Morgan fingerprint density at radius 2 is 1.54 bits per heavy atom. The highest BCUT2D eigenvalue weighted by Gasteiger charge is 2.20. The molecule has 0 aliphatic carbocycles. The zero-order valence-electron chi connectivity index (χ0n) is 12.5. The minimum Gasteiger partial charge on any atom is -0.454 e. The average molecular weight is 324 g/mol. The van der Waals surface area contributed by atoms with E-state index in [2.05, 4.69) is 9.97 Å². The van der Waals surface area contributed by atoms with E-state index >= 15 is 0 Å². The van der Waals surface area contributed by atoms with Crippen molar-refractivity contribution in [2.24, 2.45) is 0 Å². The number of aromatic nitrogens is 2. The molecule has 0 unspecified atom stereocenters. The van der Waals surface area contributed by atoms with Gasteiger partial charge in [0.2, 0.25) is 13.6 Å². The quantitative estimate of drug-likeness (QED) is 0.774. The molecule has 2 aliphatic heterocycles. The molecule has 0 atom stereocenters. The predicted molar refractivity (Wildman–Crippen MR) is 83.1 cm³/mol. The minimum atomic E-state index is -0.248. The van der Waals surface area contributed by atoms with Gasteiger partial charge in [0, 0.05) is 17.0 Å². The minimum absolute atomic E-state index is 0.186. The number of nitrogens with zero attached hydrogens (tertiary/aromatic N) is 2. The topological polar surface area (TPSA) is 82.9 Å². The van der Waals surface area contributed by atoms with Gasteiger partial charge in [-0.3, -0.25) is 0 Å². The van der Waals surface area contributed by atoms with Gasteiger partial charge < -0.3 is 24.1 Å². The van der Waals surface area contributed by atoms with Gasteiger partial charge in [-0.1, -0.05) is 0 Å². The molecule has 7 heteroatoms. The van der Waals surface area contributed by atoms with Crippen LogP contribution in [0, 0.1) is 0 Å². The number of hydrogen-bond donors (Lipinski definition) is 1. The molecule has 0 fully saturated rings. The molecule has 0 amide bonds. The third-order valence-electron chi connectivity index (χ3n) is 4.02. The summed E-state index contributed by atoms with van der Waals surface area (Å²) in [5.41, 5.74) is 2.23. The summed E-state index contributed by atoms with van der Waals surface area (Å²) in [5.74, 6) is 3.02. The van der Waals surface area contributed by atoms with Crippen LogP contribution in [-0.4, -0.2) is 28.7 Å². The van der Waals surface area contributed by atoms with E-state index in [0.717, 1.165) is 10.9 Å². The standard InChI is InChI=1S/C17H12N2O5/c20-6-16-18-11-5-15-14(23-8-24-15)4-10(11)17(19-16)9-1-2-12-13(3-9)22-7-21-12/h1-5,20H,6-8H2. The molecule has 2 aromatic carbocycles. The van der Waals surface area contributed by atoms with Crippen molar-refractivity contribution in [2.75, 3.05) is 13.6 Å². The van der Waals surface area contributed by atoms with Crippen LogP contribution in [-0.2, 0) is 6.61 Å². The fourth-order valence-electron chi connectivity index (χ4n) is 2.90. The molecule has 120 valence electrons. The first kappa shape index (κ1) is 13.4. The molecular formula is C17H12N2O5. The van der Waals surface area contributed by atoms with E-state index < -0.39 is 0 Å². The van der Waals surface area contributed by atoms with Crippen molar-refractivity contribution >= 4 is 10.9 Å². The van der Waals surface area contributed by atoms with Crippen molar-refractivity contribution in [3.05, 3.63) is 36.2 Å². The lowest BCUT2D eigenvalue weighted by Gasteiger charge is -2.09. The van der Waals surface area contributed by atoms with Gasteiger partial charge in [0.25, 0.3) is 0 Å². The lowest BCUT2D eigenvalue weighted by atomic mass is 10.0. The largest absolute Gasteiger partial charge is 0.454 e. The van der Waals surface area contributed by atoms with E-state index in [1.54, 1.807) is 6.07 Å². The van der Waals surface area contributed by atoms with Crippen LogP contribution in [0.3, 0.4) is 0 Å². The van der Waals surface area contributed by atoms with Crippen LogP contribution in [0.4, 0.5) is 0 Å². The van der Waals surface area contributed by atoms with E-state index in [-0.39, 0.29) is 20.2 Å². The van der Waals surface area contributed by atoms with E-state index in [9.17, 15) is 5.11 Å². The second kappa shape index (κ2) is 4.97. The van der Waals surface area contributed by atoms with Crippen molar-refractivity contribution in [2.45, 2.75) is 6.61 Å². The third-order valence-corrected chi connectivity index (χ3v) is 4.02. The smallest absolute Gasteiger partial charge is 0.231 e. The van der Waals surface area contributed by atoms with Crippen LogP contribution < -0.4 is 18.9 Å². The molecule has 24 heavy (non-hydrogen) atoms. The fraction of sp³-hybridized carbons (Fsp3) is 0.176. The molecular weight excluding hydrogens is 312 g/mol. The van der Waals surface area contributed by atoms with E-state index in [4.69, 9.17) is 18.9 Å². The maximum absolute atomic E-state index is 9.49. The summed E-state index contributed by atoms with van der Waals surface area (Å²) in [4.78, 5) is 8.86. The number of aliphatic hydroxyl groups excluding tert-OH is 1. The van der Waals surface area contributed by atoms with Gasteiger partial charge in [-0.15, -0.1) is 0 Å². The normalized spacial score (nSPS) is 14.4. The number of aliphatic hydroxyl groups is 1. The Morgan fingerprint density at radius 3 is 2.33 bits per heavy atom. The highest BCUT2D eigenvalue weighted by atomic mass is 16.7. The highest BCUT2D eigenvalue weighted by Crippen LogP contribution is 2.40. The summed E-state index contributed by atoms with van der Waals surface area (Å²) < 4.78 is 21.7. The van der Waals surface area contributed by atoms with Crippen LogP contribution in [0.2, 0.25) is 0 Å². The van der Waals surface area contributed by atoms with Gasteiger partial charge in [0.05, 0.1) is 11.2 Å². The summed E-state index contributed by atoms with van der Waals surface area (Å²) in [6.07, 6.45) is 0. The fourth-order valence-corrected chi connectivity index (χ4v) is 2.90. The molecule has 1 N–H and O–H groups in total. The summed E-state index contributed by atoms with van der Waals surface area (Å²) in [6, 6.07) is 9.28. The third kappa shape index (κ3) is 1.95. The Hall–Kier alpha value is -3.06. The predicted octanol–water partition coefficient (Wildman–Crippen LogP) is 2.25. The van der Waals surface area contributed by atoms with Gasteiger partial charge in [0.15, 0.2) is 28.8 Å². The van der Waals surface area contributed by atoms with Gasteiger partial charge >= 0.3 is 0 Å². The summed E-state index contributed by atoms with van der Waals surface area (Å²) >= 11 is 0. The molecule has 0 spiro atoms.